The molecular weight excluding hydrogens is 266 g/mol. The number of hydrogen-bond donors (Lipinski definition) is 2. The summed E-state index contributed by atoms with van der Waals surface area (Å²) in [7, 11) is -1.53. The van der Waals surface area contributed by atoms with Crippen molar-refractivity contribution < 1.29 is 10.0 Å². The normalized spacial score (nSPS) is 10.8. The second kappa shape index (κ2) is 4.66. The molecule has 1 rings (SSSR count). The van der Waals surface area contributed by atoms with Crippen LogP contribution in [-0.2, 0) is 0 Å². The van der Waals surface area contributed by atoms with Crippen LogP contribution in [-0.4, -0.2) is 17.2 Å². The van der Waals surface area contributed by atoms with Gasteiger partial charge in [0.05, 0.1) is 5.02 Å². The minimum absolute atomic E-state index is 0.320. The van der Waals surface area contributed by atoms with Crippen LogP contribution in [0.2, 0.25) is 5.02 Å². The van der Waals surface area contributed by atoms with E-state index in [1.165, 1.54) is 0 Å². The predicted octanol–water partition coefficient (Wildman–Crippen LogP) is 1.91. The van der Waals surface area contributed by atoms with Crippen LogP contribution in [0.1, 0.15) is 25.3 Å². The summed E-state index contributed by atoms with van der Waals surface area (Å²) in [6.45, 7) is 4.06. The van der Waals surface area contributed by atoms with Gasteiger partial charge in [-0.1, -0.05) is 31.5 Å². The molecule has 0 bridgehead atoms. The first-order valence-corrected chi connectivity index (χ1v) is 5.45. The van der Waals surface area contributed by atoms with Crippen molar-refractivity contribution in [2.45, 2.75) is 19.8 Å². The SMILES string of the molecule is CC(C)c1cc(Br)c(Cl)c(B(O)O)c1. The van der Waals surface area contributed by atoms with Gasteiger partial charge < -0.3 is 10.0 Å². The van der Waals surface area contributed by atoms with E-state index in [4.69, 9.17) is 21.6 Å². The molecule has 0 atom stereocenters. The van der Waals surface area contributed by atoms with Crippen LogP contribution < -0.4 is 5.46 Å². The van der Waals surface area contributed by atoms with Crippen LogP contribution in [0, 0.1) is 0 Å². The van der Waals surface area contributed by atoms with Crippen LogP contribution in [0.4, 0.5) is 0 Å². The zero-order valence-electron chi connectivity index (χ0n) is 7.96. The van der Waals surface area contributed by atoms with E-state index in [9.17, 15) is 0 Å². The van der Waals surface area contributed by atoms with Gasteiger partial charge in [-0.3, -0.25) is 0 Å². The molecule has 0 aliphatic carbocycles. The minimum atomic E-state index is -1.53. The van der Waals surface area contributed by atoms with Gasteiger partial charge in [-0.2, -0.15) is 0 Å². The average molecular weight is 277 g/mol. The lowest BCUT2D eigenvalue weighted by Gasteiger charge is -2.11. The molecule has 5 heteroatoms. The minimum Gasteiger partial charge on any atom is -0.423 e. The molecule has 0 spiro atoms. The maximum Gasteiger partial charge on any atom is 0.490 e. The topological polar surface area (TPSA) is 40.5 Å². The van der Waals surface area contributed by atoms with Crippen LogP contribution in [0.5, 0.6) is 0 Å². The first-order chi connectivity index (χ1) is 6.43. The maximum atomic E-state index is 9.09. The van der Waals surface area contributed by atoms with E-state index in [-0.39, 0.29) is 0 Å². The van der Waals surface area contributed by atoms with Gasteiger partial charge >= 0.3 is 7.12 Å². The molecule has 0 radical (unpaired) electrons. The van der Waals surface area contributed by atoms with Gasteiger partial charge in [-0.05, 0) is 33.5 Å². The van der Waals surface area contributed by atoms with E-state index in [1.54, 1.807) is 6.07 Å². The summed E-state index contributed by atoms with van der Waals surface area (Å²) in [5.74, 6) is 0.320. The summed E-state index contributed by atoms with van der Waals surface area (Å²) in [6, 6.07) is 3.60. The number of hydrogen-bond acceptors (Lipinski definition) is 2. The zero-order chi connectivity index (χ0) is 10.9. The van der Waals surface area contributed by atoms with Crippen LogP contribution in [0.3, 0.4) is 0 Å². The molecule has 0 aromatic heterocycles. The summed E-state index contributed by atoms with van der Waals surface area (Å²) in [5, 5.41) is 18.5. The standard InChI is InChI=1S/C9H11BBrClO2/c1-5(2)6-3-7(10(13)14)9(12)8(11)4-6/h3-5,13-14H,1-2H3. The third kappa shape index (κ3) is 2.51. The Kier molecular flexibility index (Phi) is 4.01. The fourth-order valence-electron chi connectivity index (χ4n) is 1.15. The van der Waals surface area contributed by atoms with Crippen molar-refractivity contribution in [1.29, 1.82) is 0 Å². The van der Waals surface area contributed by atoms with Crippen LogP contribution in [0.25, 0.3) is 0 Å². The summed E-state index contributed by atoms with van der Waals surface area (Å²) >= 11 is 9.18. The monoisotopic (exact) mass is 276 g/mol. The first kappa shape index (κ1) is 12.0. The number of rotatable bonds is 2. The average Bonchev–Trinajstić information content (AvgIpc) is 2.08. The molecule has 0 unspecified atom stereocenters. The summed E-state index contributed by atoms with van der Waals surface area (Å²) in [4.78, 5) is 0. The molecule has 14 heavy (non-hydrogen) atoms. The van der Waals surface area contributed by atoms with E-state index < -0.39 is 7.12 Å². The van der Waals surface area contributed by atoms with Crippen molar-refractivity contribution in [3.8, 4) is 0 Å². The Bertz CT molecular complexity index is 342. The second-order valence-electron chi connectivity index (χ2n) is 3.43. The molecule has 76 valence electrons. The summed E-state index contributed by atoms with van der Waals surface area (Å²) in [5.41, 5.74) is 1.36. The lowest BCUT2D eigenvalue weighted by atomic mass is 9.78. The molecule has 0 aliphatic heterocycles. The highest BCUT2D eigenvalue weighted by Gasteiger charge is 2.18. The number of halogens is 2. The van der Waals surface area contributed by atoms with Gasteiger partial charge in [0.15, 0.2) is 0 Å². The maximum absolute atomic E-state index is 9.09. The van der Waals surface area contributed by atoms with Gasteiger partial charge in [0.1, 0.15) is 0 Å². The Morgan fingerprint density at radius 1 is 1.36 bits per heavy atom. The van der Waals surface area contributed by atoms with E-state index in [1.807, 2.05) is 19.9 Å². The van der Waals surface area contributed by atoms with Crippen molar-refractivity contribution in [1.82, 2.24) is 0 Å². The molecular formula is C9H11BBrClO2. The molecule has 0 aliphatic rings. The Balaban J connectivity index is 3.28. The van der Waals surface area contributed by atoms with E-state index in [0.29, 0.717) is 20.9 Å². The third-order valence-corrected chi connectivity index (χ3v) is 3.30. The highest BCUT2D eigenvalue weighted by molar-refractivity contribution is 9.10. The molecule has 0 saturated heterocycles. The van der Waals surface area contributed by atoms with Gasteiger partial charge in [0.2, 0.25) is 0 Å². The fourth-order valence-corrected chi connectivity index (χ4v) is 1.85. The van der Waals surface area contributed by atoms with Gasteiger partial charge in [0, 0.05) is 9.94 Å². The Labute approximate surface area is 97.2 Å². The van der Waals surface area contributed by atoms with Crippen LogP contribution in [0.15, 0.2) is 16.6 Å². The van der Waals surface area contributed by atoms with Crippen molar-refractivity contribution >= 4 is 40.1 Å². The Morgan fingerprint density at radius 2 is 1.93 bits per heavy atom. The predicted molar refractivity (Wildman–Crippen MR) is 63.1 cm³/mol. The van der Waals surface area contributed by atoms with E-state index >= 15 is 0 Å². The largest absolute Gasteiger partial charge is 0.490 e. The van der Waals surface area contributed by atoms with E-state index in [2.05, 4.69) is 15.9 Å². The van der Waals surface area contributed by atoms with Gasteiger partial charge in [0.25, 0.3) is 0 Å². The molecule has 0 amide bonds. The molecule has 2 N–H and O–H groups in total. The van der Waals surface area contributed by atoms with Crippen molar-refractivity contribution in [3.63, 3.8) is 0 Å². The van der Waals surface area contributed by atoms with Crippen molar-refractivity contribution in [2.24, 2.45) is 0 Å². The smallest absolute Gasteiger partial charge is 0.423 e. The van der Waals surface area contributed by atoms with Crippen molar-refractivity contribution in [3.05, 3.63) is 27.2 Å². The lowest BCUT2D eigenvalue weighted by Crippen LogP contribution is -2.31. The Hall–Kier alpha value is -0.0251. The molecule has 0 fully saturated rings. The zero-order valence-corrected chi connectivity index (χ0v) is 10.3. The third-order valence-electron chi connectivity index (χ3n) is 2.02. The molecule has 2 nitrogen and oxygen atoms in total. The van der Waals surface area contributed by atoms with Crippen LogP contribution >= 0.6 is 27.5 Å². The molecule has 1 aromatic rings. The highest BCUT2D eigenvalue weighted by Crippen LogP contribution is 2.25. The molecule has 0 heterocycles. The Morgan fingerprint density at radius 3 is 2.36 bits per heavy atom. The first-order valence-electron chi connectivity index (χ1n) is 4.28. The summed E-state index contributed by atoms with van der Waals surface area (Å²) < 4.78 is 0.688. The lowest BCUT2D eigenvalue weighted by molar-refractivity contribution is 0.425. The number of benzene rings is 1. The quantitative estimate of drug-likeness (QED) is 0.811. The second-order valence-corrected chi connectivity index (χ2v) is 4.67. The molecule has 0 saturated carbocycles. The van der Waals surface area contributed by atoms with E-state index in [0.717, 1.165) is 5.56 Å². The fraction of sp³-hybridized carbons (Fsp3) is 0.333. The molecule has 1 aromatic carbocycles. The van der Waals surface area contributed by atoms with Gasteiger partial charge in [-0.25, -0.2) is 0 Å². The van der Waals surface area contributed by atoms with Gasteiger partial charge in [-0.15, -0.1) is 0 Å². The summed E-state index contributed by atoms with van der Waals surface area (Å²) in [6.07, 6.45) is 0. The highest BCUT2D eigenvalue weighted by atomic mass is 79.9. The van der Waals surface area contributed by atoms with Crippen molar-refractivity contribution in [2.75, 3.05) is 0 Å².